The lowest BCUT2D eigenvalue weighted by atomic mass is 9.92. The van der Waals surface area contributed by atoms with Gasteiger partial charge in [0.1, 0.15) is 11.5 Å². The number of rotatable bonds is 22. The number of fused-ring (bicyclic) bond motifs is 1. The van der Waals surface area contributed by atoms with Gasteiger partial charge in [0, 0.05) is 12.1 Å². The monoisotopic (exact) mass is 605 g/mol. The van der Waals surface area contributed by atoms with Gasteiger partial charge in [0.2, 0.25) is 5.78 Å². The summed E-state index contributed by atoms with van der Waals surface area (Å²) in [6.45, 7) is 15.1. The summed E-state index contributed by atoms with van der Waals surface area (Å²) in [5.74, 6) is 2.56. The molecule has 0 N–H and O–H groups in total. The minimum absolute atomic E-state index is 0.0725. The Bertz CT molecular complexity index is 1140. The highest BCUT2D eigenvalue weighted by Gasteiger charge is 2.36. The molecule has 5 nitrogen and oxygen atoms in total. The lowest BCUT2D eigenvalue weighted by Gasteiger charge is -2.28. The Morgan fingerprint density at radius 1 is 0.705 bits per heavy atom. The normalized spacial score (nSPS) is 16.6. The van der Waals surface area contributed by atoms with Crippen molar-refractivity contribution >= 4 is 17.2 Å². The van der Waals surface area contributed by atoms with Crippen molar-refractivity contribution in [2.24, 2.45) is 22.7 Å². The Morgan fingerprint density at radius 2 is 1.25 bits per heavy atom. The van der Waals surface area contributed by atoms with Gasteiger partial charge in [0.15, 0.2) is 6.10 Å². The predicted octanol–water partition coefficient (Wildman–Crippen LogP) is 10.8. The van der Waals surface area contributed by atoms with Crippen molar-refractivity contribution in [2.45, 2.75) is 125 Å². The van der Waals surface area contributed by atoms with Crippen LogP contribution in [-0.2, 0) is 4.74 Å². The summed E-state index contributed by atoms with van der Waals surface area (Å²) in [6, 6.07) is 13.8. The Balaban J connectivity index is 2.01. The van der Waals surface area contributed by atoms with Crippen LogP contribution >= 0.6 is 0 Å². The molecule has 244 valence electrons. The molecule has 0 fully saturated rings. The second-order valence-electron chi connectivity index (χ2n) is 12.6. The molecule has 2 aromatic carbocycles. The maximum Gasteiger partial charge on any atom is 0.203 e. The van der Waals surface area contributed by atoms with E-state index < -0.39 is 6.10 Å². The lowest BCUT2D eigenvalue weighted by molar-refractivity contribution is 0.0479. The van der Waals surface area contributed by atoms with Gasteiger partial charge in [0.25, 0.3) is 0 Å². The van der Waals surface area contributed by atoms with Crippen LogP contribution in [0, 0.1) is 17.8 Å². The molecule has 2 aromatic rings. The van der Waals surface area contributed by atoms with Crippen LogP contribution in [0.5, 0.6) is 11.5 Å². The third kappa shape index (κ3) is 10.5. The Morgan fingerprint density at radius 3 is 1.80 bits per heavy atom. The molecule has 4 atom stereocenters. The zero-order valence-corrected chi connectivity index (χ0v) is 28.5. The molecule has 0 bridgehead atoms. The largest absolute Gasteiger partial charge is 0.493 e. The molecule has 44 heavy (non-hydrogen) atoms. The van der Waals surface area contributed by atoms with Crippen molar-refractivity contribution in [3.05, 3.63) is 53.6 Å². The van der Waals surface area contributed by atoms with E-state index in [1.165, 1.54) is 19.3 Å². The SMILES string of the molecule is CCCCC(CC)COc1cc2c(c(OCC(CC)CCCC)c1)C(=O)C(OCC(CC)CCCC)C(c1ccccc1)=N2. The third-order valence-corrected chi connectivity index (χ3v) is 9.19. The highest BCUT2D eigenvalue weighted by molar-refractivity contribution is 6.26. The lowest BCUT2D eigenvalue weighted by Crippen LogP contribution is -2.38. The van der Waals surface area contributed by atoms with Gasteiger partial charge in [-0.3, -0.25) is 4.79 Å². The topological polar surface area (TPSA) is 57.1 Å². The number of aliphatic imine (C=N–C) groups is 1. The summed E-state index contributed by atoms with van der Waals surface area (Å²) in [5.41, 5.74) is 2.71. The van der Waals surface area contributed by atoms with E-state index in [1.54, 1.807) is 0 Å². The first-order valence-corrected chi connectivity index (χ1v) is 17.7. The molecular formula is C39H59NO4. The smallest absolute Gasteiger partial charge is 0.203 e. The molecule has 0 spiro atoms. The maximum absolute atomic E-state index is 14.4. The summed E-state index contributed by atoms with van der Waals surface area (Å²) >= 11 is 0. The summed E-state index contributed by atoms with van der Waals surface area (Å²) in [7, 11) is 0. The van der Waals surface area contributed by atoms with E-state index in [2.05, 4.69) is 41.5 Å². The minimum atomic E-state index is -0.768. The van der Waals surface area contributed by atoms with Crippen LogP contribution in [0.3, 0.4) is 0 Å². The van der Waals surface area contributed by atoms with Gasteiger partial charge in [-0.1, -0.05) is 130 Å². The van der Waals surface area contributed by atoms with Gasteiger partial charge in [-0.15, -0.1) is 0 Å². The number of ether oxygens (including phenoxy) is 3. The van der Waals surface area contributed by atoms with E-state index in [1.807, 2.05) is 42.5 Å². The number of Topliss-reactive ketones (excluding diaryl/α,β-unsaturated/α-hetero) is 1. The molecule has 0 saturated carbocycles. The van der Waals surface area contributed by atoms with Gasteiger partial charge in [0.05, 0.1) is 36.8 Å². The van der Waals surface area contributed by atoms with Crippen LogP contribution in [0.25, 0.3) is 0 Å². The van der Waals surface area contributed by atoms with Crippen LogP contribution in [0.1, 0.15) is 135 Å². The van der Waals surface area contributed by atoms with E-state index in [4.69, 9.17) is 19.2 Å². The van der Waals surface area contributed by atoms with Gasteiger partial charge >= 0.3 is 0 Å². The zero-order chi connectivity index (χ0) is 31.7. The van der Waals surface area contributed by atoms with E-state index in [0.29, 0.717) is 66.0 Å². The van der Waals surface area contributed by atoms with Crippen molar-refractivity contribution in [1.82, 2.24) is 0 Å². The first-order chi connectivity index (χ1) is 21.5. The molecule has 0 aromatic heterocycles. The predicted molar refractivity (Wildman–Crippen MR) is 184 cm³/mol. The average molecular weight is 606 g/mol. The Kier molecular flexibility index (Phi) is 16.0. The van der Waals surface area contributed by atoms with Crippen molar-refractivity contribution in [2.75, 3.05) is 19.8 Å². The Labute approximate surface area is 268 Å². The number of unbranched alkanes of at least 4 members (excludes halogenated alkanes) is 3. The number of hydrogen-bond acceptors (Lipinski definition) is 5. The minimum Gasteiger partial charge on any atom is -0.493 e. The molecule has 0 amide bonds. The highest BCUT2D eigenvalue weighted by atomic mass is 16.5. The van der Waals surface area contributed by atoms with Gasteiger partial charge < -0.3 is 14.2 Å². The summed E-state index contributed by atoms with van der Waals surface area (Å²) in [6.07, 6.45) is 12.8. The van der Waals surface area contributed by atoms with E-state index >= 15 is 0 Å². The van der Waals surface area contributed by atoms with Crippen LogP contribution in [0.15, 0.2) is 47.5 Å². The first kappa shape index (κ1) is 35.8. The molecule has 1 aliphatic heterocycles. The maximum atomic E-state index is 14.4. The number of ketones is 1. The molecule has 1 heterocycles. The van der Waals surface area contributed by atoms with Crippen LogP contribution in [0.4, 0.5) is 5.69 Å². The summed E-state index contributed by atoms with van der Waals surface area (Å²) < 4.78 is 19.4. The molecule has 1 aliphatic rings. The molecule has 0 radical (unpaired) electrons. The quantitative estimate of drug-likeness (QED) is 0.134. The fourth-order valence-electron chi connectivity index (χ4n) is 5.88. The second kappa shape index (κ2) is 19.7. The number of nitrogens with zero attached hydrogens (tertiary/aromatic N) is 1. The van der Waals surface area contributed by atoms with Gasteiger partial charge in [-0.2, -0.15) is 0 Å². The number of hydrogen-bond donors (Lipinski definition) is 0. The molecule has 4 unspecified atom stereocenters. The fourth-order valence-corrected chi connectivity index (χ4v) is 5.88. The summed E-state index contributed by atoms with van der Waals surface area (Å²) in [5, 5.41) is 0. The fraction of sp³-hybridized carbons (Fsp3) is 0.641. The third-order valence-electron chi connectivity index (χ3n) is 9.19. The highest BCUT2D eigenvalue weighted by Crippen LogP contribution is 2.40. The molecule has 0 saturated heterocycles. The second-order valence-corrected chi connectivity index (χ2v) is 12.6. The number of benzene rings is 2. The standard InChI is InChI=1S/C39H59NO4/c1-7-13-19-29(10-4)26-42-33-24-34-36(35(25-33)43-27-30(11-5)20-14-8-2)38(41)39(44-28-31(12-6)21-15-9-3)37(40-34)32-22-17-16-18-23-32/h16-18,22-25,29-31,39H,7-15,19-21,26-28H2,1-6H3. The van der Waals surface area contributed by atoms with Crippen molar-refractivity contribution in [3.63, 3.8) is 0 Å². The van der Waals surface area contributed by atoms with E-state index in [0.717, 1.165) is 63.4 Å². The number of carbonyl (C=O) groups is 1. The average Bonchev–Trinajstić information content (AvgIpc) is 3.05. The van der Waals surface area contributed by atoms with E-state index in [-0.39, 0.29) is 5.78 Å². The van der Waals surface area contributed by atoms with Crippen molar-refractivity contribution in [1.29, 1.82) is 0 Å². The van der Waals surface area contributed by atoms with Gasteiger partial charge in [-0.05, 0) is 42.6 Å². The van der Waals surface area contributed by atoms with Crippen molar-refractivity contribution in [3.8, 4) is 11.5 Å². The molecule has 5 heteroatoms. The van der Waals surface area contributed by atoms with Crippen LogP contribution in [0.2, 0.25) is 0 Å². The first-order valence-electron chi connectivity index (χ1n) is 17.7. The van der Waals surface area contributed by atoms with E-state index in [9.17, 15) is 4.79 Å². The summed E-state index contributed by atoms with van der Waals surface area (Å²) in [4.78, 5) is 19.6. The molecule has 3 rings (SSSR count). The molecule has 0 aliphatic carbocycles. The van der Waals surface area contributed by atoms with Gasteiger partial charge in [-0.25, -0.2) is 4.99 Å². The van der Waals surface area contributed by atoms with Crippen molar-refractivity contribution < 1.29 is 19.0 Å². The zero-order valence-electron chi connectivity index (χ0n) is 28.5. The van der Waals surface area contributed by atoms with Crippen LogP contribution in [-0.4, -0.2) is 37.4 Å². The Hall–Kier alpha value is -2.66. The molecular weight excluding hydrogens is 546 g/mol. The van der Waals surface area contributed by atoms with Crippen LogP contribution < -0.4 is 9.47 Å². The number of carbonyl (C=O) groups excluding carboxylic acids is 1.